The van der Waals surface area contributed by atoms with Gasteiger partial charge in [-0.3, -0.25) is 9.59 Å². The van der Waals surface area contributed by atoms with Crippen molar-refractivity contribution in [3.8, 4) is 0 Å². The minimum absolute atomic E-state index is 0.0150. The Balaban J connectivity index is 2.15. The van der Waals surface area contributed by atoms with Crippen molar-refractivity contribution in [3.63, 3.8) is 0 Å². The number of carbonyl (C=O) groups excluding carboxylic acids is 2. The molecule has 16 heavy (non-hydrogen) atoms. The minimum Gasteiger partial charge on any atom is -0.355 e. The number of hydrogen-bond donors (Lipinski definition) is 3. The highest BCUT2D eigenvalue weighted by Crippen LogP contribution is 2.09. The molecule has 92 valence electrons. The van der Waals surface area contributed by atoms with Gasteiger partial charge in [0, 0.05) is 13.1 Å². The van der Waals surface area contributed by atoms with E-state index < -0.39 is 0 Å². The molecule has 0 spiro atoms. The van der Waals surface area contributed by atoms with Gasteiger partial charge in [-0.15, -0.1) is 0 Å². The van der Waals surface area contributed by atoms with Crippen LogP contribution < -0.4 is 16.0 Å². The average Bonchev–Trinajstić information content (AvgIpc) is 2.34. The van der Waals surface area contributed by atoms with Crippen LogP contribution in [0, 0.1) is 5.92 Å². The fourth-order valence-electron chi connectivity index (χ4n) is 1.71. The lowest BCUT2D eigenvalue weighted by atomic mass is 9.99. The summed E-state index contributed by atoms with van der Waals surface area (Å²) in [7, 11) is 0. The highest BCUT2D eigenvalue weighted by molar-refractivity contribution is 5.85. The summed E-state index contributed by atoms with van der Waals surface area (Å²) in [5.41, 5.74) is 0. The maximum absolute atomic E-state index is 11.6. The molecule has 1 atom stereocenters. The van der Waals surface area contributed by atoms with Crippen LogP contribution in [-0.4, -0.2) is 38.0 Å². The van der Waals surface area contributed by atoms with E-state index in [2.05, 4.69) is 16.0 Å². The summed E-state index contributed by atoms with van der Waals surface area (Å²) >= 11 is 0. The van der Waals surface area contributed by atoms with Gasteiger partial charge in [-0.25, -0.2) is 0 Å². The van der Waals surface area contributed by atoms with Crippen LogP contribution in [0.2, 0.25) is 0 Å². The first-order valence-corrected chi connectivity index (χ1v) is 5.99. The van der Waals surface area contributed by atoms with Crippen molar-refractivity contribution in [2.75, 3.05) is 26.2 Å². The van der Waals surface area contributed by atoms with Crippen molar-refractivity contribution < 1.29 is 9.59 Å². The third kappa shape index (κ3) is 4.61. The molecule has 0 aromatic rings. The van der Waals surface area contributed by atoms with Gasteiger partial charge in [0.2, 0.25) is 11.8 Å². The topological polar surface area (TPSA) is 70.2 Å². The fraction of sp³-hybridized carbons (Fsp3) is 0.818. The van der Waals surface area contributed by atoms with E-state index in [0.29, 0.717) is 6.54 Å². The molecule has 1 heterocycles. The van der Waals surface area contributed by atoms with Crippen LogP contribution in [0.25, 0.3) is 0 Å². The van der Waals surface area contributed by atoms with Gasteiger partial charge in [0.1, 0.15) is 0 Å². The second kappa shape index (κ2) is 7.22. The molecule has 5 nitrogen and oxygen atoms in total. The Bertz CT molecular complexity index is 237. The predicted octanol–water partition coefficient (Wildman–Crippen LogP) is -0.372. The zero-order valence-electron chi connectivity index (χ0n) is 9.84. The molecule has 1 aliphatic heterocycles. The number of piperidine rings is 1. The predicted molar refractivity (Wildman–Crippen MR) is 61.9 cm³/mol. The lowest BCUT2D eigenvalue weighted by Crippen LogP contribution is -2.44. The van der Waals surface area contributed by atoms with E-state index in [1.165, 1.54) is 0 Å². The van der Waals surface area contributed by atoms with Crippen LogP contribution in [0.3, 0.4) is 0 Å². The second-order valence-corrected chi connectivity index (χ2v) is 4.11. The zero-order valence-corrected chi connectivity index (χ0v) is 9.84. The Kier molecular flexibility index (Phi) is 5.85. The maximum atomic E-state index is 11.6. The largest absolute Gasteiger partial charge is 0.355 e. The van der Waals surface area contributed by atoms with Crippen LogP contribution >= 0.6 is 0 Å². The van der Waals surface area contributed by atoms with Gasteiger partial charge in [0.05, 0.1) is 12.5 Å². The Labute approximate surface area is 96.4 Å². The molecular formula is C11H21N3O2. The number of nitrogens with one attached hydrogen (secondary N) is 3. The van der Waals surface area contributed by atoms with E-state index in [4.69, 9.17) is 0 Å². The molecule has 0 aliphatic carbocycles. The molecule has 3 N–H and O–H groups in total. The van der Waals surface area contributed by atoms with E-state index in [9.17, 15) is 9.59 Å². The Morgan fingerprint density at radius 1 is 1.38 bits per heavy atom. The van der Waals surface area contributed by atoms with Gasteiger partial charge >= 0.3 is 0 Å². The number of hydrogen-bond acceptors (Lipinski definition) is 3. The quantitative estimate of drug-likeness (QED) is 0.600. The maximum Gasteiger partial charge on any atom is 0.239 e. The van der Waals surface area contributed by atoms with Gasteiger partial charge in [0.25, 0.3) is 0 Å². The van der Waals surface area contributed by atoms with E-state index >= 15 is 0 Å². The Hall–Kier alpha value is -1.10. The van der Waals surface area contributed by atoms with Crippen molar-refractivity contribution in [3.05, 3.63) is 0 Å². The second-order valence-electron chi connectivity index (χ2n) is 4.11. The van der Waals surface area contributed by atoms with E-state index in [1.807, 2.05) is 6.92 Å². The molecule has 0 bridgehead atoms. The summed E-state index contributed by atoms with van der Waals surface area (Å²) in [6, 6.07) is 0. The van der Waals surface area contributed by atoms with Crippen LogP contribution in [0.5, 0.6) is 0 Å². The van der Waals surface area contributed by atoms with E-state index in [1.54, 1.807) is 0 Å². The van der Waals surface area contributed by atoms with Gasteiger partial charge in [-0.1, -0.05) is 6.92 Å². The number of amides is 2. The van der Waals surface area contributed by atoms with Gasteiger partial charge in [-0.05, 0) is 25.8 Å². The molecule has 0 radical (unpaired) electrons. The van der Waals surface area contributed by atoms with Crippen molar-refractivity contribution in [2.45, 2.75) is 26.2 Å². The molecule has 2 amide bonds. The normalized spacial score (nSPS) is 20.2. The number of carbonyl (C=O) groups is 2. The summed E-state index contributed by atoms with van der Waals surface area (Å²) in [5.74, 6) is -0.106. The van der Waals surface area contributed by atoms with Gasteiger partial charge in [0.15, 0.2) is 0 Å². The van der Waals surface area contributed by atoms with Crippen LogP contribution in [-0.2, 0) is 9.59 Å². The fourth-order valence-corrected chi connectivity index (χ4v) is 1.71. The first-order valence-electron chi connectivity index (χ1n) is 5.99. The van der Waals surface area contributed by atoms with Crippen LogP contribution in [0.15, 0.2) is 0 Å². The van der Waals surface area contributed by atoms with E-state index in [0.717, 1.165) is 32.4 Å². The molecule has 0 aromatic carbocycles. The monoisotopic (exact) mass is 227 g/mol. The minimum atomic E-state index is -0.112. The van der Waals surface area contributed by atoms with Gasteiger partial charge < -0.3 is 16.0 Å². The van der Waals surface area contributed by atoms with E-state index in [-0.39, 0.29) is 24.3 Å². The molecular weight excluding hydrogens is 206 g/mol. The van der Waals surface area contributed by atoms with Crippen LogP contribution in [0.4, 0.5) is 0 Å². The molecule has 0 unspecified atom stereocenters. The molecule has 1 fully saturated rings. The lowest BCUT2D eigenvalue weighted by Gasteiger charge is -2.21. The average molecular weight is 227 g/mol. The summed E-state index contributed by atoms with van der Waals surface area (Å²) < 4.78 is 0. The lowest BCUT2D eigenvalue weighted by molar-refractivity contribution is -0.128. The molecule has 0 aromatic heterocycles. The Morgan fingerprint density at radius 3 is 2.81 bits per heavy atom. The molecule has 1 aliphatic rings. The third-order valence-electron chi connectivity index (χ3n) is 2.66. The van der Waals surface area contributed by atoms with Crippen molar-refractivity contribution in [1.29, 1.82) is 0 Å². The highest BCUT2D eigenvalue weighted by atomic mass is 16.2. The molecule has 1 saturated heterocycles. The van der Waals surface area contributed by atoms with Crippen molar-refractivity contribution in [2.24, 2.45) is 5.92 Å². The summed E-state index contributed by atoms with van der Waals surface area (Å²) in [5, 5.41) is 8.57. The SMILES string of the molecule is CCCNC(=O)CNC(=O)[C@@H]1CCCNC1. The van der Waals surface area contributed by atoms with Crippen LogP contribution in [0.1, 0.15) is 26.2 Å². The first-order chi connectivity index (χ1) is 7.74. The zero-order chi connectivity index (χ0) is 11.8. The number of rotatable bonds is 5. The summed E-state index contributed by atoms with van der Waals surface area (Å²) in [6.45, 7) is 4.46. The molecule has 5 heteroatoms. The molecule has 1 rings (SSSR count). The van der Waals surface area contributed by atoms with Crippen molar-refractivity contribution in [1.82, 2.24) is 16.0 Å². The summed E-state index contributed by atoms with van der Waals surface area (Å²) in [4.78, 5) is 22.9. The standard InChI is InChI=1S/C11H21N3O2/c1-2-5-13-10(15)8-14-11(16)9-4-3-6-12-7-9/h9,12H,2-8H2,1H3,(H,13,15)(H,14,16)/t9-/m1/s1. The van der Waals surface area contributed by atoms with Crippen molar-refractivity contribution >= 4 is 11.8 Å². The smallest absolute Gasteiger partial charge is 0.239 e. The summed E-state index contributed by atoms with van der Waals surface area (Å²) in [6.07, 6.45) is 2.85. The highest BCUT2D eigenvalue weighted by Gasteiger charge is 2.20. The first kappa shape index (κ1) is 13.0. The van der Waals surface area contributed by atoms with Gasteiger partial charge in [-0.2, -0.15) is 0 Å². The third-order valence-corrected chi connectivity index (χ3v) is 2.66. The molecule has 0 saturated carbocycles. The Morgan fingerprint density at radius 2 is 2.19 bits per heavy atom.